The zero-order valence-corrected chi connectivity index (χ0v) is 11.5. The maximum Gasteiger partial charge on any atom is 0.280 e. The Labute approximate surface area is 113 Å². The van der Waals surface area contributed by atoms with Crippen LogP contribution in [0.25, 0.3) is 0 Å². The number of furan rings is 1. The number of halogens is 1. The summed E-state index contributed by atoms with van der Waals surface area (Å²) in [5, 5.41) is 9.36. The molecule has 2 rings (SSSR count). The molecule has 2 aromatic rings. The van der Waals surface area contributed by atoms with Crippen LogP contribution >= 0.6 is 15.9 Å². The molecule has 2 N–H and O–H groups in total. The van der Waals surface area contributed by atoms with Gasteiger partial charge in [0.2, 0.25) is 0 Å². The molecule has 96 valence electrons. The van der Waals surface area contributed by atoms with E-state index in [-0.39, 0.29) is 11.6 Å². The fourth-order valence-electron chi connectivity index (χ4n) is 1.64. The molecule has 5 nitrogen and oxygen atoms in total. The van der Waals surface area contributed by atoms with E-state index in [1.807, 2.05) is 12.1 Å². The van der Waals surface area contributed by atoms with Crippen molar-refractivity contribution in [3.8, 4) is 0 Å². The van der Waals surface area contributed by atoms with Crippen LogP contribution in [0.5, 0.6) is 0 Å². The van der Waals surface area contributed by atoms with E-state index in [0.29, 0.717) is 10.2 Å². The second kappa shape index (κ2) is 5.86. The molecular weight excluding hydrogens is 298 g/mol. The van der Waals surface area contributed by atoms with Gasteiger partial charge in [0.05, 0.1) is 18.1 Å². The highest BCUT2D eigenvalue weighted by Crippen LogP contribution is 2.17. The van der Waals surface area contributed by atoms with Gasteiger partial charge in [0.25, 0.3) is 5.56 Å². The SMILES string of the molecule is CC(CCc1ccco1)Nc1cn[nH]c(=O)c1Br. The molecule has 0 bridgehead atoms. The van der Waals surface area contributed by atoms with Crippen molar-refractivity contribution in [1.29, 1.82) is 0 Å². The van der Waals surface area contributed by atoms with Crippen LogP contribution in [-0.2, 0) is 6.42 Å². The van der Waals surface area contributed by atoms with Gasteiger partial charge in [-0.2, -0.15) is 5.10 Å². The Hall–Kier alpha value is -1.56. The second-order valence-corrected chi connectivity index (χ2v) is 4.88. The molecule has 0 aliphatic rings. The smallest absolute Gasteiger partial charge is 0.280 e. The fraction of sp³-hybridized carbons (Fsp3) is 0.333. The van der Waals surface area contributed by atoms with Crippen LogP contribution in [0.4, 0.5) is 5.69 Å². The number of nitrogens with one attached hydrogen (secondary N) is 2. The molecule has 0 fully saturated rings. The first-order valence-electron chi connectivity index (χ1n) is 5.69. The van der Waals surface area contributed by atoms with E-state index in [0.717, 1.165) is 18.6 Å². The topological polar surface area (TPSA) is 70.9 Å². The van der Waals surface area contributed by atoms with Gasteiger partial charge in [0.1, 0.15) is 10.2 Å². The highest BCUT2D eigenvalue weighted by atomic mass is 79.9. The molecular formula is C12H14BrN3O2. The van der Waals surface area contributed by atoms with Gasteiger partial charge in [-0.25, -0.2) is 5.10 Å². The van der Waals surface area contributed by atoms with Crippen LogP contribution < -0.4 is 10.9 Å². The van der Waals surface area contributed by atoms with Gasteiger partial charge < -0.3 is 9.73 Å². The summed E-state index contributed by atoms with van der Waals surface area (Å²) in [5.74, 6) is 0.965. The lowest BCUT2D eigenvalue weighted by molar-refractivity contribution is 0.495. The summed E-state index contributed by atoms with van der Waals surface area (Å²) >= 11 is 3.23. The third-order valence-corrected chi connectivity index (χ3v) is 3.39. The van der Waals surface area contributed by atoms with Crippen LogP contribution in [0.15, 0.2) is 38.3 Å². The number of aromatic nitrogens is 2. The Morgan fingerprint density at radius 2 is 2.44 bits per heavy atom. The minimum absolute atomic E-state index is 0.218. The number of rotatable bonds is 5. The quantitative estimate of drug-likeness (QED) is 0.890. The molecule has 0 spiro atoms. The fourth-order valence-corrected chi connectivity index (χ4v) is 1.94. The van der Waals surface area contributed by atoms with Gasteiger partial charge >= 0.3 is 0 Å². The van der Waals surface area contributed by atoms with Crippen molar-refractivity contribution in [2.45, 2.75) is 25.8 Å². The van der Waals surface area contributed by atoms with E-state index in [9.17, 15) is 4.79 Å². The van der Waals surface area contributed by atoms with Crippen molar-refractivity contribution in [1.82, 2.24) is 10.2 Å². The van der Waals surface area contributed by atoms with E-state index < -0.39 is 0 Å². The third-order valence-electron chi connectivity index (χ3n) is 2.60. The largest absolute Gasteiger partial charge is 0.469 e. The summed E-state index contributed by atoms with van der Waals surface area (Å²) in [6.07, 6.45) is 5.03. The summed E-state index contributed by atoms with van der Waals surface area (Å²) < 4.78 is 5.75. The Kier molecular flexibility index (Phi) is 4.19. The first-order chi connectivity index (χ1) is 8.66. The molecule has 0 aromatic carbocycles. The first-order valence-corrected chi connectivity index (χ1v) is 6.48. The number of H-pyrrole nitrogens is 1. The lowest BCUT2D eigenvalue weighted by Gasteiger charge is -2.14. The zero-order valence-electron chi connectivity index (χ0n) is 9.94. The van der Waals surface area contributed by atoms with Crippen molar-refractivity contribution in [3.05, 3.63) is 45.2 Å². The monoisotopic (exact) mass is 311 g/mol. The highest BCUT2D eigenvalue weighted by molar-refractivity contribution is 9.10. The van der Waals surface area contributed by atoms with Gasteiger partial charge in [0.15, 0.2) is 0 Å². The number of aromatic amines is 1. The molecule has 6 heteroatoms. The van der Waals surface area contributed by atoms with E-state index >= 15 is 0 Å². The predicted molar refractivity (Wildman–Crippen MR) is 72.7 cm³/mol. The molecule has 2 heterocycles. The van der Waals surface area contributed by atoms with E-state index in [1.165, 1.54) is 0 Å². The summed E-state index contributed by atoms with van der Waals surface area (Å²) in [6, 6.07) is 4.05. The maximum absolute atomic E-state index is 11.3. The van der Waals surface area contributed by atoms with Crippen molar-refractivity contribution >= 4 is 21.6 Å². The molecule has 0 saturated carbocycles. The van der Waals surface area contributed by atoms with Crippen LogP contribution in [0, 0.1) is 0 Å². The van der Waals surface area contributed by atoms with Gasteiger partial charge in [-0.15, -0.1) is 0 Å². The molecule has 0 aliphatic heterocycles. The van der Waals surface area contributed by atoms with Gasteiger partial charge in [-0.1, -0.05) is 0 Å². The Morgan fingerprint density at radius 1 is 1.61 bits per heavy atom. The predicted octanol–water partition coefficient (Wildman–Crippen LogP) is 2.56. The molecule has 0 amide bonds. The Balaban J connectivity index is 1.93. The minimum atomic E-state index is -0.238. The third kappa shape index (κ3) is 3.22. The summed E-state index contributed by atoms with van der Waals surface area (Å²) in [7, 11) is 0. The number of hydrogen-bond donors (Lipinski definition) is 2. The van der Waals surface area contributed by atoms with Crippen molar-refractivity contribution < 1.29 is 4.42 Å². The minimum Gasteiger partial charge on any atom is -0.469 e. The lowest BCUT2D eigenvalue weighted by atomic mass is 10.1. The molecule has 2 aromatic heterocycles. The van der Waals surface area contributed by atoms with E-state index in [2.05, 4.69) is 38.4 Å². The molecule has 18 heavy (non-hydrogen) atoms. The first kappa shape index (κ1) is 12.9. The van der Waals surface area contributed by atoms with Gasteiger partial charge in [-0.05, 0) is 41.4 Å². The average Bonchev–Trinajstić information content (AvgIpc) is 2.86. The molecule has 1 atom stereocenters. The zero-order chi connectivity index (χ0) is 13.0. The molecule has 1 unspecified atom stereocenters. The standard InChI is InChI=1S/C12H14BrN3O2/c1-8(4-5-9-3-2-6-18-9)15-10-7-14-16-12(17)11(10)13/h2-3,6-8H,4-5H2,1H3,(H2,15,16,17). The Morgan fingerprint density at radius 3 is 3.17 bits per heavy atom. The number of aryl methyl sites for hydroxylation is 1. The number of anilines is 1. The van der Waals surface area contributed by atoms with Crippen LogP contribution in [-0.4, -0.2) is 16.2 Å². The maximum atomic E-state index is 11.3. The van der Waals surface area contributed by atoms with Crippen LogP contribution in [0.3, 0.4) is 0 Å². The molecule has 0 saturated heterocycles. The normalized spacial score (nSPS) is 12.3. The average molecular weight is 312 g/mol. The molecule has 0 aliphatic carbocycles. The van der Waals surface area contributed by atoms with Crippen LogP contribution in [0.1, 0.15) is 19.1 Å². The Bertz CT molecular complexity index is 551. The number of hydrogen-bond acceptors (Lipinski definition) is 4. The van der Waals surface area contributed by atoms with Crippen LogP contribution in [0.2, 0.25) is 0 Å². The highest BCUT2D eigenvalue weighted by Gasteiger charge is 2.08. The van der Waals surface area contributed by atoms with Crippen molar-refractivity contribution in [2.24, 2.45) is 0 Å². The number of nitrogens with zero attached hydrogens (tertiary/aromatic N) is 1. The second-order valence-electron chi connectivity index (χ2n) is 4.09. The van der Waals surface area contributed by atoms with Gasteiger partial charge in [0, 0.05) is 12.5 Å². The van der Waals surface area contributed by atoms with Crippen molar-refractivity contribution in [2.75, 3.05) is 5.32 Å². The summed E-state index contributed by atoms with van der Waals surface area (Å²) in [6.45, 7) is 2.05. The molecule has 0 radical (unpaired) electrons. The lowest BCUT2D eigenvalue weighted by Crippen LogP contribution is -2.19. The van der Waals surface area contributed by atoms with E-state index in [1.54, 1.807) is 12.5 Å². The van der Waals surface area contributed by atoms with Gasteiger partial charge in [-0.3, -0.25) is 4.79 Å². The summed E-state index contributed by atoms with van der Waals surface area (Å²) in [5.41, 5.74) is 0.462. The van der Waals surface area contributed by atoms with E-state index in [4.69, 9.17) is 4.42 Å². The van der Waals surface area contributed by atoms with Crippen molar-refractivity contribution in [3.63, 3.8) is 0 Å². The summed E-state index contributed by atoms with van der Waals surface area (Å²) in [4.78, 5) is 11.3.